The van der Waals surface area contributed by atoms with Crippen LogP contribution in [-0.2, 0) is 14.3 Å². The first-order valence-electron chi connectivity index (χ1n) is 15.7. The van der Waals surface area contributed by atoms with Crippen molar-refractivity contribution in [1.82, 2.24) is 20.0 Å². The highest BCUT2D eigenvalue weighted by molar-refractivity contribution is 5.79. The summed E-state index contributed by atoms with van der Waals surface area (Å²) in [6.45, 7) is 5.86. The summed E-state index contributed by atoms with van der Waals surface area (Å²) in [5, 5.41) is 3.24. The van der Waals surface area contributed by atoms with E-state index in [-0.39, 0.29) is 60.5 Å². The number of hydrogen-bond acceptors (Lipinski definition) is 5. The summed E-state index contributed by atoms with van der Waals surface area (Å²) in [5.74, 6) is -3.10. The Morgan fingerprint density at radius 2 is 1.69 bits per heavy atom. The van der Waals surface area contributed by atoms with E-state index in [2.05, 4.69) is 17.1 Å². The summed E-state index contributed by atoms with van der Waals surface area (Å²) in [6.07, 6.45) is 4.94. The number of likely N-dealkylation sites (N-methyl/N-ethyl adjacent to an activating group) is 1. The molecule has 0 radical (unpaired) electrons. The minimum Gasteiger partial charge on any atom is -0.355 e. The monoisotopic (exact) mass is 588 g/mol. The van der Waals surface area contributed by atoms with Crippen molar-refractivity contribution in [3.8, 4) is 0 Å². The topological polar surface area (TPSA) is 74.4 Å². The Kier molecular flexibility index (Phi) is 8.26. The van der Waals surface area contributed by atoms with Gasteiger partial charge in [0.1, 0.15) is 6.79 Å². The first-order valence-corrected chi connectivity index (χ1v) is 15.7. The van der Waals surface area contributed by atoms with E-state index >= 15 is 0 Å². The molecule has 4 aliphatic heterocycles. The Morgan fingerprint density at radius 1 is 1.05 bits per heavy atom. The van der Waals surface area contributed by atoms with Gasteiger partial charge in [-0.25, -0.2) is 13.6 Å². The molecule has 4 heterocycles. The number of rotatable bonds is 8. The van der Waals surface area contributed by atoms with Gasteiger partial charge < -0.3 is 24.6 Å². The van der Waals surface area contributed by atoms with E-state index in [1.807, 2.05) is 47.2 Å². The van der Waals surface area contributed by atoms with Crippen molar-refractivity contribution in [2.75, 3.05) is 46.7 Å². The normalized spacial score (nSPS) is 32.0. The van der Waals surface area contributed by atoms with E-state index in [1.165, 1.54) is 0 Å². The zero-order valence-electron chi connectivity index (χ0n) is 25.0. The number of piperidine rings is 1. The molecule has 8 nitrogen and oxygen atoms in total. The van der Waals surface area contributed by atoms with Crippen LogP contribution in [0.1, 0.15) is 76.3 Å². The summed E-state index contributed by atoms with van der Waals surface area (Å²) in [6, 6.07) is 10.7. The Labute approximate surface area is 248 Å². The number of hydrogen-bond donors (Lipinski definition) is 1. The molecule has 2 unspecified atom stereocenters. The summed E-state index contributed by atoms with van der Waals surface area (Å²) in [7, 11) is 1.97. The van der Waals surface area contributed by atoms with Gasteiger partial charge in [0, 0.05) is 62.9 Å². The first kappa shape index (κ1) is 29.8. The molecule has 5 aliphatic rings. The predicted molar refractivity (Wildman–Crippen MR) is 154 cm³/mol. The van der Waals surface area contributed by atoms with Crippen LogP contribution in [0.15, 0.2) is 30.3 Å². The van der Waals surface area contributed by atoms with E-state index < -0.39 is 5.92 Å². The number of ether oxygens (including phenoxy) is 2. The van der Waals surface area contributed by atoms with Gasteiger partial charge >= 0.3 is 6.03 Å². The number of carbonyl (C=O) groups is 2. The third-order valence-corrected chi connectivity index (χ3v) is 10.7. The average Bonchev–Trinajstić information content (AvgIpc) is 3.34. The van der Waals surface area contributed by atoms with Gasteiger partial charge in [0.05, 0.1) is 24.8 Å². The first-order chi connectivity index (χ1) is 20.1. The van der Waals surface area contributed by atoms with Gasteiger partial charge in [0.2, 0.25) is 11.8 Å². The maximum absolute atomic E-state index is 13.7. The summed E-state index contributed by atoms with van der Waals surface area (Å²) >= 11 is 0. The molecule has 1 aromatic carbocycles. The number of carbonyl (C=O) groups excluding carboxylic acids is 2. The number of nitrogens with zero attached hydrogens (tertiary/aromatic N) is 3. The molecule has 0 aromatic heterocycles. The van der Waals surface area contributed by atoms with Crippen LogP contribution >= 0.6 is 0 Å². The zero-order chi connectivity index (χ0) is 29.5. The fraction of sp³-hybridized carbons (Fsp3) is 0.750. The van der Waals surface area contributed by atoms with E-state index in [4.69, 9.17) is 9.47 Å². The van der Waals surface area contributed by atoms with Crippen molar-refractivity contribution in [2.45, 2.75) is 94.3 Å². The zero-order valence-corrected chi connectivity index (χ0v) is 25.0. The van der Waals surface area contributed by atoms with Crippen LogP contribution in [0, 0.1) is 11.3 Å². The van der Waals surface area contributed by atoms with Crippen LogP contribution in [0.4, 0.5) is 13.6 Å². The second kappa shape index (κ2) is 11.7. The number of urea groups is 1. The molecule has 4 saturated heterocycles. The van der Waals surface area contributed by atoms with Crippen LogP contribution in [0.2, 0.25) is 0 Å². The molecule has 6 rings (SSSR count). The Balaban J connectivity index is 1.09. The third kappa shape index (κ3) is 6.04. The SMILES string of the molecule is CN1C(=O)N(CC2(C)COCOC2)CC12CC1CCC(C2)N1CC[C@H](NC(=O)C1CCC(F)(F)CC1)c1ccccc1. The van der Waals surface area contributed by atoms with Gasteiger partial charge in [-0.15, -0.1) is 0 Å². The standard InChI is InChI=1S/C32H46F2N4O4/c1-30(20-41-22-42-21-30)18-37-19-31(36(2)29(37)40)16-25-8-9-26(17-31)38(25)15-12-27(23-6-4-3-5-7-23)35-28(39)24-10-13-32(33,34)14-11-24/h3-7,24-27H,8-22H2,1-2H3,(H,35,39)/t25?,26?,27-,31?/m0/s1. The van der Waals surface area contributed by atoms with Crippen molar-refractivity contribution >= 4 is 11.9 Å². The Bertz CT molecular complexity index is 1110. The van der Waals surface area contributed by atoms with Crippen molar-refractivity contribution in [2.24, 2.45) is 11.3 Å². The highest BCUT2D eigenvalue weighted by Gasteiger charge is 2.56. The molecule has 3 atom stereocenters. The van der Waals surface area contributed by atoms with Crippen LogP contribution in [-0.4, -0.2) is 96.9 Å². The van der Waals surface area contributed by atoms with Gasteiger partial charge in [0.25, 0.3) is 0 Å². The molecule has 42 heavy (non-hydrogen) atoms. The van der Waals surface area contributed by atoms with Crippen molar-refractivity contribution < 1.29 is 27.8 Å². The molecule has 10 heteroatoms. The molecule has 1 N–H and O–H groups in total. The van der Waals surface area contributed by atoms with Gasteiger partial charge in [-0.05, 0) is 50.5 Å². The molecule has 5 fully saturated rings. The molecule has 3 amide bonds. The van der Waals surface area contributed by atoms with Gasteiger partial charge in [-0.2, -0.15) is 0 Å². The number of halogens is 2. The van der Waals surface area contributed by atoms with Crippen LogP contribution < -0.4 is 5.32 Å². The predicted octanol–water partition coefficient (Wildman–Crippen LogP) is 4.80. The Hall–Kier alpha value is -2.30. The number of alkyl halides is 2. The molecule has 2 bridgehead atoms. The van der Waals surface area contributed by atoms with Crippen LogP contribution in [0.5, 0.6) is 0 Å². The fourth-order valence-electron chi connectivity index (χ4n) is 8.36. The summed E-state index contributed by atoms with van der Waals surface area (Å²) in [4.78, 5) is 33.2. The largest absolute Gasteiger partial charge is 0.355 e. The van der Waals surface area contributed by atoms with E-state index in [0.717, 1.165) is 50.8 Å². The fourth-order valence-corrected chi connectivity index (χ4v) is 8.36. The van der Waals surface area contributed by atoms with Crippen molar-refractivity contribution in [3.05, 3.63) is 35.9 Å². The molecule has 1 spiro atoms. The maximum Gasteiger partial charge on any atom is 0.320 e. The van der Waals surface area contributed by atoms with Gasteiger partial charge in [-0.3, -0.25) is 9.69 Å². The number of amides is 3. The lowest BCUT2D eigenvalue weighted by Crippen LogP contribution is -2.57. The van der Waals surface area contributed by atoms with E-state index in [0.29, 0.717) is 38.6 Å². The lowest BCUT2D eigenvalue weighted by atomic mass is 9.81. The van der Waals surface area contributed by atoms with Gasteiger partial charge in [0.15, 0.2) is 0 Å². The molecular weight excluding hydrogens is 542 g/mol. The lowest BCUT2D eigenvalue weighted by Gasteiger charge is -2.47. The lowest BCUT2D eigenvalue weighted by molar-refractivity contribution is -0.162. The number of nitrogens with one attached hydrogen (secondary N) is 1. The summed E-state index contributed by atoms with van der Waals surface area (Å²) in [5.41, 5.74) is 0.686. The smallest absolute Gasteiger partial charge is 0.320 e. The molecule has 1 saturated carbocycles. The maximum atomic E-state index is 13.7. The van der Waals surface area contributed by atoms with Crippen molar-refractivity contribution in [1.29, 1.82) is 0 Å². The van der Waals surface area contributed by atoms with Crippen molar-refractivity contribution in [3.63, 3.8) is 0 Å². The third-order valence-electron chi connectivity index (χ3n) is 10.7. The molecule has 1 aliphatic carbocycles. The Morgan fingerprint density at radius 3 is 2.33 bits per heavy atom. The average molecular weight is 589 g/mol. The van der Waals surface area contributed by atoms with Crippen LogP contribution in [0.3, 0.4) is 0 Å². The molecule has 1 aromatic rings. The van der Waals surface area contributed by atoms with Gasteiger partial charge in [-0.1, -0.05) is 37.3 Å². The quantitative estimate of drug-likeness (QED) is 0.472. The number of fused-ring (bicyclic) bond motifs is 2. The highest BCUT2D eigenvalue weighted by atomic mass is 19.3. The minimum atomic E-state index is -2.65. The van der Waals surface area contributed by atoms with E-state index in [9.17, 15) is 18.4 Å². The second-order valence-corrected chi connectivity index (χ2v) is 14.0. The number of benzene rings is 1. The van der Waals surface area contributed by atoms with Crippen LogP contribution in [0.25, 0.3) is 0 Å². The highest BCUT2D eigenvalue weighted by Crippen LogP contribution is 2.47. The molecule has 232 valence electrons. The second-order valence-electron chi connectivity index (χ2n) is 14.0. The van der Waals surface area contributed by atoms with E-state index in [1.54, 1.807) is 0 Å². The summed E-state index contributed by atoms with van der Waals surface area (Å²) < 4.78 is 38.5. The minimum absolute atomic E-state index is 0.0991. The molecular formula is C32H46F2N4O4.